The first-order valence-electron chi connectivity index (χ1n) is 7.04. The minimum Gasteiger partial charge on any atom is -0.297 e. The first kappa shape index (κ1) is 14.4. The molecule has 106 valence electrons. The molecule has 5 heteroatoms. The van der Waals surface area contributed by atoms with E-state index in [-0.39, 0.29) is 16.4 Å². The molecule has 2 rings (SSSR count). The van der Waals surface area contributed by atoms with Crippen LogP contribution in [0.3, 0.4) is 0 Å². The van der Waals surface area contributed by atoms with Crippen LogP contribution in [0.2, 0.25) is 5.15 Å². The molecule has 0 bridgehead atoms. The highest BCUT2D eigenvalue weighted by molar-refractivity contribution is 6.30. The normalized spacial score (nSPS) is 23.5. The first-order valence-corrected chi connectivity index (χ1v) is 7.42. The molecule has 4 nitrogen and oxygen atoms in total. The quantitative estimate of drug-likeness (QED) is 0.868. The van der Waals surface area contributed by atoms with Crippen LogP contribution in [0.5, 0.6) is 0 Å². The third-order valence-electron chi connectivity index (χ3n) is 4.07. The van der Waals surface area contributed by atoms with Crippen molar-refractivity contribution in [3.63, 3.8) is 0 Å². The minimum atomic E-state index is -0.384. The average molecular weight is 285 g/mol. The minimum absolute atomic E-state index is 0.186. The van der Waals surface area contributed by atoms with Crippen LogP contribution in [-0.4, -0.2) is 9.55 Å². The topological polar surface area (TPSA) is 54.9 Å². The van der Waals surface area contributed by atoms with Crippen LogP contribution in [0, 0.1) is 11.8 Å². The van der Waals surface area contributed by atoms with Crippen LogP contribution in [0.15, 0.2) is 9.59 Å². The molecular weight excluding hydrogens is 264 g/mol. The van der Waals surface area contributed by atoms with Crippen LogP contribution in [0.4, 0.5) is 0 Å². The van der Waals surface area contributed by atoms with Gasteiger partial charge >= 0.3 is 5.69 Å². The van der Waals surface area contributed by atoms with Gasteiger partial charge in [0.15, 0.2) is 0 Å². The summed E-state index contributed by atoms with van der Waals surface area (Å²) >= 11 is 5.90. The lowest BCUT2D eigenvalue weighted by Crippen LogP contribution is -2.39. The number of nitrogens with one attached hydrogen (secondary N) is 1. The number of H-pyrrole nitrogens is 1. The van der Waals surface area contributed by atoms with Crippen molar-refractivity contribution in [3.05, 3.63) is 31.6 Å². The molecule has 2 atom stereocenters. The summed E-state index contributed by atoms with van der Waals surface area (Å²) in [5.74, 6) is 1.11. The van der Waals surface area contributed by atoms with Gasteiger partial charge in [0.05, 0.1) is 5.56 Å². The SMILES string of the molecule is CCc1c(Cl)[nH]c(=O)n(CC2CCCC(C)C2)c1=O. The summed E-state index contributed by atoms with van der Waals surface area (Å²) in [4.78, 5) is 26.7. The lowest BCUT2D eigenvalue weighted by molar-refractivity contribution is 0.252. The van der Waals surface area contributed by atoms with Gasteiger partial charge in [0.1, 0.15) is 5.15 Å². The Morgan fingerprint density at radius 2 is 2.11 bits per heavy atom. The van der Waals surface area contributed by atoms with E-state index in [0.29, 0.717) is 30.4 Å². The second-order valence-electron chi connectivity index (χ2n) is 5.63. The highest BCUT2D eigenvalue weighted by Gasteiger charge is 2.21. The summed E-state index contributed by atoms with van der Waals surface area (Å²) in [6.07, 6.45) is 5.17. The summed E-state index contributed by atoms with van der Waals surface area (Å²) in [5.41, 5.74) is -0.106. The molecule has 1 aromatic rings. The summed E-state index contributed by atoms with van der Waals surface area (Å²) in [6.45, 7) is 4.62. The maximum absolute atomic E-state index is 12.3. The summed E-state index contributed by atoms with van der Waals surface area (Å²) in [5, 5.41) is 0.186. The molecule has 2 unspecified atom stereocenters. The molecule has 0 saturated heterocycles. The van der Waals surface area contributed by atoms with E-state index in [1.54, 1.807) is 0 Å². The molecule has 0 aromatic carbocycles. The number of aromatic amines is 1. The molecule has 1 N–H and O–H groups in total. The van der Waals surface area contributed by atoms with Gasteiger partial charge < -0.3 is 0 Å². The third kappa shape index (κ3) is 3.11. The van der Waals surface area contributed by atoms with Gasteiger partial charge in [0.2, 0.25) is 0 Å². The Bertz CT molecular complexity index is 562. The van der Waals surface area contributed by atoms with Crippen LogP contribution in [0.25, 0.3) is 0 Å². The zero-order valence-corrected chi connectivity index (χ0v) is 12.3. The third-order valence-corrected chi connectivity index (χ3v) is 4.39. The molecule has 1 heterocycles. The van der Waals surface area contributed by atoms with Crippen LogP contribution in [-0.2, 0) is 13.0 Å². The molecule has 1 aromatic heterocycles. The van der Waals surface area contributed by atoms with E-state index in [2.05, 4.69) is 11.9 Å². The Labute approximate surface area is 117 Å². The van der Waals surface area contributed by atoms with E-state index >= 15 is 0 Å². The summed E-state index contributed by atoms with van der Waals surface area (Å²) in [7, 11) is 0. The van der Waals surface area contributed by atoms with E-state index in [1.165, 1.54) is 17.4 Å². The maximum atomic E-state index is 12.3. The maximum Gasteiger partial charge on any atom is 0.329 e. The smallest absolute Gasteiger partial charge is 0.297 e. The van der Waals surface area contributed by atoms with Crippen molar-refractivity contribution in [2.24, 2.45) is 11.8 Å². The molecule has 0 spiro atoms. The molecule has 1 aliphatic carbocycles. The molecule has 1 saturated carbocycles. The number of nitrogens with zero attached hydrogens (tertiary/aromatic N) is 1. The fraction of sp³-hybridized carbons (Fsp3) is 0.714. The van der Waals surface area contributed by atoms with Gasteiger partial charge in [0.25, 0.3) is 5.56 Å². The number of hydrogen-bond acceptors (Lipinski definition) is 2. The molecule has 0 amide bonds. The average Bonchev–Trinajstić information content (AvgIpc) is 2.35. The van der Waals surface area contributed by atoms with Crippen molar-refractivity contribution in [2.75, 3.05) is 0 Å². The summed E-state index contributed by atoms with van der Waals surface area (Å²) in [6, 6.07) is 0. The second kappa shape index (κ2) is 5.95. The standard InChI is InChI=1S/C14H21ClN2O2/c1-3-11-12(15)16-14(19)17(13(11)18)8-10-6-4-5-9(2)7-10/h9-10H,3-8H2,1-2H3,(H,16,19). The molecule has 0 radical (unpaired) electrons. The highest BCUT2D eigenvalue weighted by Crippen LogP contribution is 2.29. The Kier molecular flexibility index (Phi) is 4.50. The number of hydrogen-bond donors (Lipinski definition) is 1. The zero-order chi connectivity index (χ0) is 14.0. The van der Waals surface area contributed by atoms with E-state index in [4.69, 9.17) is 11.6 Å². The zero-order valence-electron chi connectivity index (χ0n) is 11.5. The van der Waals surface area contributed by atoms with Gasteiger partial charge in [-0.15, -0.1) is 0 Å². The van der Waals surface area contributed by atoms with Gasteiger partial charge in [-0.1, -0.05) is 38.3 Å². The van der Waals surface area contributed by atoms with Crippen molar-refractivity contribution in [2.45, 2.75) is 52.5 Å². The number of halogens is 1. The molecule has 0 aliphatic heterocycles. The summed E-state index contributed by atoms with van der Waals surface area (Å²) < 4.78 is 1.33. The van der Waals surface area contributed by atoms with Crippen LogP contribution >= 0.6 is 11.6 Å². The molecule has 19 heavy (non-hydrogen) atoms. The molecule has 1 fully saturated rings. The number of aromatic nitrogens is 2. The molecular formula is C14H21ClN2O2. The fourth-order valence-corrected chi connectivity index (χ4v) is 3.34. The lowest BCUT2D eigenvalue weighted by atomic mass is 9.82. The van der Waals surface area contributed by atoms with Gasteiger partial charge in [0, 0.05) is 6.54 Å². The predicted octanol–water partition coefficient (Wildman–Crippen LogP) is 2.58. The van der Waals surface area contributed by atoms with Crippen LogP contribution < -0.4 is 11.2 Å². The largest absolute Gasteiger partial charge is 0.329 e. The van der Waals surface area contributed by atoms with E-state index in [0.717, 1.165) is 12.8 Å². The van der Waals surface area contributed by atoms with E-state index < -0.39 is 0 Å². The van der Waals surface area contributed by atoms with Gasteiger partial charge in [-0.05, 0) is 31.1 Å². The Balaban J connectivity index is 2.30. The molecule has 1 aliphatic rings. The van der Waals surface area contributed by atoms with Gasteiger partial charge in [-0.2, -0.15) is 0 Å². The monoisotopic (exact) mass is 284 g/mol. The second-order valence-corrected chi connectivity index (χ2v) is 6.01. The lowest BCUT2D eigenvalue weighted by Gasteiger charge is -2.26. The number of rotatable bonds is 3. The Morgan fingerprint density at radius 1 is 1.37 bits per heavy atom. The Morgan fingerprint density at radius 3 is 2.74 bits per heavy atom. The van der Waals surface area contributed by atoms with Crippen molar-refractivity contribution in [1.82, 2.24) is 9.55 Å². The van der Waals surface area contributed by atoms with E-state index in [1.807, 2.05) is 6.92 Å². The fourth-order valence-electron chi connectivity index (χ4n) is 3.04. The van der Waals surface area contributed by atoms with Crippen LogP contribution in [0.1, 0.15) is 45.1 Å². The van der Waals surface area contributed by atoms with Crippen molar-refractivity contribution >= 4 is 11.6 Å². The first-order chi connectivity index (χ1) is 9.02. The van der Waals surface area contributed by atoms with Gasteiger partial charge in [-0.3, -0.25) is 14.3 Å². The van der Waals surface area contributed by atoms with E-state index in [9.17, 15) is 9.59 Å². The predicted molar refractivity (Wildman–Crippen MR) is 76.8 cm³/mol. The highest BCUT2D eigenvalue weighted by atomic mass is 35.5. The van der Waals surface area contributed by atoms with Gasteiger partial charge in [-0.25, -0.2) is 4.79 Å². The Hall–Kier alpha value is -1.03. The van der Waals surface area contributed by atoms with Crippen molar-refractivity contribution in [1.29, 1.82) is 0 Å². The van der Waals surface area contributed by atoms with Crippen molar-refractivity contribution in [3.8, 4) is 0 Å². The van der Waals surface area contributed by atoms with Crippen molar-refractivity contribution < 1.29 is 0 Å².